The maximum Gasteiger partial charge on any atom is 0.408 e. The molecule has 2 unspecified atom stereocenters. The Labute approximate surface area is 191 Å². The Balaban J connectivity index is 1.83. The molecule has 2 atom stereocenters. The van der Waals surface area contributed by atoms with E-state index in [0.29, 0.717) is 30.8 Å². The van der Waals surface area contributed by atoms with E-state index < -0.39 is 24.6 Å². The Morgan fingerprint density at radius 2 is 2.09 bits per heavy atom. The van der Waals surface area contributed by atoms with E-state index in [9.17, 15) is 22.7 Å². The fraction of sp³-hybridized carbons (Fsp3) is 0.429. The summed E-state index contributed by atoms with van der Waals surface area (Å²) in [6.07, 6.45) is -1.62. The van der Waals surface area contributed by atoms with Crippen LogP contribution in [0.2, 0.25) is 0 Å². The van der Waals surface area contributed by atoms with Gasteiger partial charge in [-0.1, -0.05) is 0 Å². The molecule has 0 radical (unpaired) electrons. The molecule has 1 fully saturated rings. The summed E-state index contributed by atoms with van der Waals surface area (Å²) < 4.78 is 57.4. The van der Waals surface area contributed by atoms with Crippen LogP contribution in [-0.2, 0) is 13.6 Å². The first kappa shape index (κ1) is 22.3. The highest BCUT2D eigenvalue weighted by atomic mass is 19.4. The van der Waals surface area contributed by atoms with Gasteiger partial charge < -0.3 is 10.0 Å². The lowest BCUT2D eigenvalue weighted by Gasteiger charge is -2.38. The maximum atomic E-state index is 14.6. The number of alkyl halides is 3. The monoisotopic (exact) mass is 478 g/mol. The van der Waals surface area contributed by atoms with Crippen LogP contribution in [0.5, 0.6) is 0 Å². The third-order valence-corrected chi connectivity index (χ3v) is 6.06. The molecule has 13 heteroatoms. The van der Waals surface area contributed by atoms with Crippen LogP contribution in [0.3, 0.4) is 0 Å². The van der Waals surface area contributed by atoms with Crippen molar-refractivity contribution < 1.29 is 22.7 Å². The normalized spacial score (nSPS) is 19.3. The summed E-state index contributed by atoms with van der Waals surface area (Å²) in [6, 6.07) is 2.98. The number of aryl methyl sites for hydroxylation is 1. The second-order valence-electron chi connectivity index (χ2n) is 8.50. The molecular formula is C21H22F4N8O. The number of nitrogens with one attached hydrogen (secondary N) is 1. The van der Waals surface area contributed by atoms with E-state index in [2.05, 4.69) is 25.4 Å². The highest BCUT2D eigenvalue weighted by Crippen LogP contribution is 2.39. The quantitative estimate of drug-likeness (QED) is 0.437. The minimum absolute atomic E-state index is 0.104. The van der Waals surface area contributed by atoms with Crippen molar-refractivity contribution in [2.45, 2.75) is 44.6 Å². The molecule has 9 nitrogen and oxygen atoms in total. The minimum atomic E-state index is -4.53. The first-order valence-electron chi connectivity index (χ1n) is 10.7. The summed E-state index contributed by atoms with van der Waals surface area (Å²) in [5, 5.41) is 24.9. The first-order chi connectivity index (χ1) is 16.1. The predicted octanol–water partition coefficient (Wildman–Crippen LogP) is 3.27. The topological polar surface area (TPSA) is 101 Å². The van der Waals surface area contributed by atoms with Crippen LogP contribution in [0.25, 0.3) is 33.8 Å². The first-order valence-corrected chi connectivity index (χ1v) is 10.7. The van der Waals surface area contributed by atoms with Crippen LogP contribution < -0.4 is 4.90 Å². The molecular weight excluding hydrogens is 456 g/mol. The van der Waals surface area contributed by atoms with Gasteiger partial charge in [-0.2, -0.15) is 28.5 Å². The van der Waals surface area contributed by atoms with Gasteiger partial charge in [-0.05, 0) is 31.9 Å². The van der Waals surface area contributed by atoms with Gasteiger partial charge in [0.25, 0.3) is 0 Å². The average molecular weight is 478 g/mol. The Kier molecular flexibility index (Phi) is 5.30. The summed E-state index contributed by atoms with van der Waals surface area (Å²) >= 11 is 0. The molecule has 1 saturated heterocycles. The second-order valence-corrected chi connectivity index (χ2v) is 8.50. The van der Waals surface area contributed by atoms with E-state index in [0.717, 1.165) is 10.9 Å². The minimum Gasteiger partial charge on any atom is -0.393 e. The number of fused-ring (bicyclic) bond motifs is 1. The molecule has 0 bridgehead atoms. The number of H-pyrrole nitrogens is 1. The number of hydrogen-bond acceptors (Lipinski definition) is 6. The van der Waals surface area contributed by atoms with Crippen molar-refractivity contribution in [2.24, 2.45) is 7.05 Å². The van der Waals surface area contributed by atoms with Crippen molar-refractivity contribution in [2.75, 3.05) is 11.4 Å². The molecule has 0 spiro atoms. The van der Waals surface area contributed by atoms with Crippen LogP contribution >= 0.6 is 0 Å². The number of nitrogens with zero attached hydrogens (tertiary/aromatic N) is 7. The third-order valence-electron chi connectivity index (χ3n) is 6.06. The van der Waals surface area contributed by atoms with E-state index >= 15 is 0 Å². The smallest absolute Gasteiger partial charge is 0.393 e. The molecule has 34 heavy (non-hydrogen) atoms. The van der Waals surface area contributed by atoms with Gasteiger partial charge in [-0.25, -0.2) is 9.37 Å². The van der Waals surface area contributed by atoms with E-state index in [1.807, 2.05) is 11.8 Å². The number of anilines is 1. The summed E-state index contributed by atoms with van der Waals surface area (Å²) in [6.45, 7) is 0.973. The second kappa shape index (κ2) is 8.08. The molecule has 180 valence electrons. The van der Waals surface area contributed by atoms with Crippen molar-refractivity contribution >= 4 is 16.7 Å². The van der Waals surface area contributed by atoms with Crippen LogP contribution in [-0.4, -0.2) is 64.7 Å². The molecule has 2 N–H and O–H groups in total. The molecule has 0 amide bonds. The fourth-order valence-electron chi connectivity index (χ4n) is 4.56. The molecule has 0 saturated carbocycles. The van der Waals surface area contributed by atoms with Crippen molar-refractivity contribution in [1.82, 2.24) is 34.7 Å². The van der Waals surface area contributed by atoms with Crippen molar-refractivity contribution in [3.63, 3.8) is 0 Å². The van der Waals surface area contributed by atoms with Crippen LogP contribution in [0.4, 0.5) is 23.2 Å². The number of halogens is 4. The summed E-state index contributed by atoms with van der Waals surface area (Å²) in [5.41, 5.74) is 1.66. The number of rotatable bonds is 4. The van der Waals surface area contributed by atoms with E-state index in [4.69, 9.17) is 0 Å². The Morgan fingerprint density at radius 1 is 1.29 bits per heavy atom. The molecule has 5 heterocycles. The number of aromatic amines is 1. The maximum absolute atomic E-state index is 14.6. The van der Waals surface area contributed by atoms with E-state index in [-0.39, 0.29) is 34.2 Å². The summed E-state index contributed by atoms with van der Waals surface area (Å²) in [5.74, 6) is -0.604. The molecule has 0 aliphatic carbocycles. The van der Waals surface area contributed by atoms with Crippen LogP contribution in [0.15, 0.2) is 24.5 Å². The number of aliphatic hydroxyl groups excluding tert-OH is 1. The zero-order chi connectivity index (χ0) is 24.2. The van der Waals surface area contributed by atoms with Gasteiger partial charge >= 0.3 is 6.18 Å². The van der Waals surface area contributed by atoms with Crippen LogP contribution in [0.1, 0.15) is 19.8 Å². The zero-order valence-corrected chi connectivity index (χ0v) is 18.4. The standard InChI is InChI=1S/C21H22F4N8O/c1-11-7-12(34)4-6-32(11)16-8-15(19-13(22)9-27-31(19)2)28-18-17(14-3-5-26-29-14)30-33(20(16)18)10-21(23,24)25/h3,5,8-9,11-12,34H,4,6-7,10H2,1-2H3,(H,26,29). The summed E-state index contributed by atoms with van der Waals surface area (Å²) in [4.78, 5) is 6.48. The van der Waals surface area contributed by atoms with E-state index in [1.54, 1.807) is 19.2 Å². The largest absolute Gasteiger partial charge is 0.408 e. The Hall–Kier alpha value is -3.48. The Bertz CT molecular complexity index is 1310. The van der Waals surface area contributed by atoms with Gasteiger partial charge in [0.1, 0.15) is 29.0 Å². The van der Waals surface area contributed by atoms with Crippen molar-refractivity contribution in [1.29, 1.82) is 0 Å². The van der Waals surface area contributed by atoms with Gasteiger partial charge in [0, 0.05) is 25.8 Å². The highest BCUT2D eigenvalue weighted by Gasteiger charge is 2.34. The molecule has 5 rings (SSSR count). The predicted molar refractivity (Wildman–Crippen MR) is 115 cm³/mol. The van der Waals surface area contributed by atoms with Gasteiger partial charge in [0.2, 0.25) is 0 Å². The number of aromatic nitrogens is 7. The SMILES string of the molecule is CC1CC(O)CCN1c1cc(-c2c(F)cnn2C)nc2c(-c3ccn[nH]3)nn(CC(F)(F)F)c12. The number of aliphatic hydroxyl groups is 1. The lowest BCUT2D eigenvalue weighted by molar-refractivity contribution is -0.141. The van der Waals surface area contributed by atoms with Crippen molar-refractivity contribution in [3.05, 3.63) is 30.3 Å². The van der Waals surface area contributed by atoms with Gasteiger partial charge in [0.05, 0.1) is 29.4 Å². The molecule has 0 aromatic carbocycles. The van der Waals surface area contributed by atoms with Gasteiger partial charge in [-0.15, -0.1) is 0 Å². The van der Waals surface area contributed by atoms with Gasteiger partial charge in [0.15, 0.2) is 5.82 Å². The third kappa shape index (κ3) is 3.89. The lowest BCUT2D eigenvalue weighted by Crippen LogP contribution is -2.43. The summed E-state index contributed by atoms with van der Waals surface area (Å²) in [7, 11) is 1.56. The molecule has 4 aromatic heterocycles. The van der Waals surface area contributed by atoms with Crippen molar-refractivity contribution in [3.8, 4) is 22.8 Å². The number of pyridine rings is 1. The highest BCUT2D eigenvalue weighted by molar-refractivity contribution is 5.99. The average Bonchev–Trinajstić information content (AvgIpc) is 3.46. The lowest BCUT2D eigenvalue weighted by atomic mass is 9.99. The number of hydrogen-bond donors (Lipinski definition) is 2. The fourth-order valence-corrected chi connectivity index (χ4v) is 4.56. The van der Waals surface area contributed by atoms with E-state index in [1.165, 1.54) is 10.9 Å². The Morgan fingerprint density at radius 3 is 2.71 bits per heavy atom. The van der Waals surface area contributed by atoms with Gasteiger partial charge in [-0.3, -0.25) is 14.5 Å². The van der Waals surface area contributed by atoms with Crippen LogP contribution in [0, 0.1) is 5.82 Å². The molecule has 1 aliphatic heterocycles. The number of piperidine rings is 1. The molecule has 1 aliphatic rings. The molecule has 4 aromatic rings. The zero-order valence-electron chi connectivity index (χ0n) is 18.4.